The van der Waals surface area contributed by atoms with Crippen LogP contribution in [0.4, 0.5) is 5.69 Å². The molecular formula is C20H21ClN2O4S. The molecule has 8 heteroatoms. The standard InChI is InChI=1S/C20H21ClN2O4S/c1-28(25,26)23-12-19(27-18-10-9-14(21)11-17(18)23)20(24)22-16-8-4-6-13-5-2-3-7-15(13)16/h2-3,5,7,9-11,16,19H,4,6,8,12H2,1H3,(H,22,24)/t16-,19+/m0/s1. The minimum absolute atomic E-state index is 0.0909. The van der Waals surface area contributed by atoms with E-state index >= 15 is 0 Å². The van der Waals surface area contributed by atoms with Gasteiger partial charge in [0.05, 0.1) is 24.5 Å². The number of amides is 1. The second-order valence-electron chi connectivity index (χ2n) is 7.16. The first-order chi connectivity index (χ1) is 13.3. The number of hydrogen-bond donors (Lipinski definition) is 1. The van der Waals surface area contributed by atoms with Crippen molar-refractivity contribution in [2.24, 2.45) is 0 Å². The average Bonchev–Trinajstić information content (AvgIpc) is 2.66. The molecule has 4 rings (SSSR count). The molecule has 1 heterocycles. The number of fused-ring (bicyclic) bond motifs is 2. The van der Waals surface area contributed by atoms with Crippen molar-refractivity contribution in [3.63, 3.8) is 0 Å². The Balaban J connectivity index is 1.58. The highest BCUT2D eigenvalue weighted by Gasteiger charge is 2.36. The summed E-state index contributed by atoms with van der Waals surface area (Å²) in [7, 11) is -3.59. The van der Waals surface area contributed by atoms with Crippen molar-refractivity contribution in [2.45, 2.75) is 31.4 Å². The number of rotatable bonds is 3. The Morgan fingerprint density at radius 1 is 1.25 bits per heavy atom. The number of carbonyl (C=O) groups excluding carboxylic acids is 1. The molecule has 0 saturated carbocycles. The number of ether oxygens (including phenoxy) is 1. The molecule has 1 aliphatic carbocycles. The van der Waals surface area contributed by atoms with Crippen molar-refractivity contribution in [1.29, 1.82) is 0 Å². The van der Waals surface area contributed by atoms with Crippen LogP contribution in [0.1, 0.15) is 30.0 Å². The zero-order valence-corrected chi connectivity index (χ0v) is 17.0. The quantitative estimate of drug-likeness (QED) is 0.828. The van der Waals surface area contributed by atoms with Gasteiger partial charge in [-0.3, -0.25) is 9.10 Å². The molecule has 1 aliphatic heterocycles. The highest BCUT2D eigenvalue weighted by Crippen LogP contribution is 2.37. The van der Waals surface area contributed by atoms with E-state index in [1.807, 2.05) is 18.2 Å². The summed E-state index contributed by atoms with van der Waals surface area (Å²) in [5.41, 5.74) is 2.70. The van der Waals surface area contributed by atoms with Gasteiger partial charge in [-0.2, -0.15) is 0 Å². The van der Waals surface area contributed by atoms with E-state index in [0.717, 1.165) is 31.1 Å². The number of sulfonamides is 1. The molecule has 0 unspecified atom stereocenters. The fourth-order valence-electron chi connectivity index (χ4n) is 3.84. The molecular weight excluding hydrogens is 400 g/mol. The monoisotopic (exact) mass is 420 g/mol. The van der Waals surface area contributed by atoms with Gasteiger partial charge in [0.1, 0.15) is 5.75 Å². The predicted molar refractivity (Wildman–Crippen MR) is 108 cm³/mol. The lowest BCUT2D eigenvalue weighted by Crippen LogP contribution is -2.51. The molecule has 2 atom stereocenters. The highest BCUT2D eigenvalue weighted by atomic mass is 35.5. The van der Waals surface area contributed by atoms with Crippen LogP contribution in [-0.2, 0) is 21.2 Å². The lowest BCUT2D eigenvalue weighted by atomic mass is 9.87. The Bertz CT molecular complexity index is 1020. The molecule has 0 radical (unpaired) electrons. The molecule has 148 valence electrons. The van der Waals surface area contributed by atoms with Gasteiger partial charge < -0.3 is 10.1 Å². The molecule has 0 spiro atoms. The molecule has 28 heavy (non-hydrogen) atoms. The first-order valence-electron chi connectivity index (χ1n) is 9.15. The van der Waals surface area contributed by atoms with Crippen LogP contribution in [0.3, 0.4) is 0 Å². The van der Waals surface area contributed by atoms with Gasteiger partial charge in [-0.05, 0) is 48.6 Å². The topological polar surface area (TPSA) is 75.7 Å². The van der Waals surface area contributed by atoms with Gasteiger partial charge in [-0.25, -0.2) is 8.42 Å². The van der Waals surface area contributed by atoms with E-state index in [9.17, 15) is 13.2 Å². The summed E-state index contributed by atoms with van der Waals surface area (Å²) in [6.45, 7) is -0.0909. The number of anilines is 1. The molecule has 6 nitrogen and oxygen atoms in total. The molecule has 2 aliphatic rings. The molecule has 1 amide bonds. The fourth-order valence-corrected chi connectivity index (χ4v) is 4.92. The summed E-state index contributed by atoms with van der Waals surface area (Å²) in [6.07, 6.45) is 3.01. The maximum Gasteiger partial charge on any atom is 0.263 e. The van der Waals surface area contributed by atoms with Crippen molar-refractivity contribution in [1.82, 2.24) is 5.32 Å². The third-order valence-corrected chi connectivity index (χ3v) is 6.55. The minimum atomic E-state index is -3.59. The number of halogens is 1. The molecule has 2 aromatic rings. The van der Waals surface area contributed by atoms with Crippen molar-refractivity contribution in [3.8, 4) is 5.75 Å². The van der Waals surface area contributed by atoms with Gasteiger partial charge in [-0.1, -0.05) is 35.9 Å². The first kappa shape index (κ1) is 19.1. The zero-order valence-electron chi connectivity index (χ0n) is 15.4. The minimum Gasteiger partial charge on any atom is -0.476 e. The van der Waals surface area contributed by atoms with Crippen LogP contribution < -0.4 is 14.4 Å². The van der Waals surface area contributed by atoms with Gasteiger partial charge in [-0.15, -0.1) is 0 Å². The van der Waals surface area contributed by atoms with Crippen LogP contribution in [-0.4, -0.2) is 33.2 Å². The molecule has 0 bridgehead atoms. The third kappa shape index (κ3) is 3.69. The van der Waals surface area contributed by atoms with Crippen molar-refractivity contribution < 1.29 is 17.9 Å². The van der Waals surface area contributed by atoms with E-state index < -0.39 is 16.1 Å². The first-order valence-corrected chi connectivity index (χ1v) is 11.4. The van der Waals surface area contributed by atoms with Crippen LogP contribution in [0, 0.1) is 0 Å². The van der Waals surface area contributed by atoms with E-state index in [-0.39, 0.29) is 18.5 Å². The van der Waals surface area contributed by atoms with Crippen LogP contribution in [0.5, 0.6) is 5.75 Å². The molecule has 1 N–H and O–H groups in total. The Hall–Kier alpha value is -2.25. The Labute approximate surface area is 169 Å². The Morgan fingerprint density at radius 2 is 2.04 bits per heavy atom. The van der Waals surface area contributed by atoms with Crippen LogP contribution in [0.15, 0.2) is 42.5 Å². The van der Waals surface area contributed by atoms with E-state index in [0.29, 0.717) is 16.5 Å². The summed E-state index contributed by atoms with van der Waals surface area (Å²) >= 11 is 6.01. The lowest BCUT2D eigenvalue weighted by molar-refractivity contribution is -0.128. The second kappa shape index (κ2) is 7.29. The Kier molecular flexibility index (Phi) is 4.97. The van der Waals surface area contributed by atoms with Crippen molar-refractivity contribution >= 4 is 33.2 Å². The smallest absolute Gasteiger partial charge is 0.263 e. The van der Waals surface area contributed by atoms with E-state index in [1.54, 1.807) is 12.1 Å². The van der Waals surface area contributed by atoms with Crippen LogP contribution in [0.25, 0.3) is 0 Å². The van der Waals surface area contributed by atoms with Gasteiger partial charge in [0.15, 0.2) is 6.10 Å². The average molecular weight is 421 g/mol. The van der Waals surface area contributed by atoms with Gasteiger partial charge >= 0.3 is 0 Å². The molecule has 0 aromatic heterocycles. The summed E-state index contributed by atoms with van der Waals surface area (Å²) < 4.78 is 31.6. The summed E-state index contributed by atoms with van der Waals surface area (Å²) in [6, 6.07) is 12.7. The number of nitrogens with one attached hydrogen (secondary N) is 1. The lowest BCUT2D eigenvalue weighted by Gasteiger charge is -2.35. The Morgan fingerprint density at radius 3 is 2.82 bits per heavy atom. The van der Waals surface area contributed by atoms with Gasteiger partial charge in [0.25, 0.3) is 5.91 Å². The fraction of sp³-hybridized carbons (Fsp3) is 0.350. The molecule has 2 aromatic carbocycles. The predicted octanol–water partition coefficient (Wildman–Crippen LogP) is 3.06. The SMILES string of the molecule is CS(=O)(=O)N1C[C@H](C(=O)N[C@H]2CCCc3ccccc32)Oc2ccc(Cl)cc21. The number of benzene rings is 2. The number of hydrogen-bond acceptors (Lipinski definition) is 4. The van der Waals surface area contributed by atoms with Crippen molar-refractivity contribution in [2.75, 3.05) is 17.1 Å². The summed E-state index contributed by atoms with van der Waals surface area (Å²) in [5.74, 6) is 0.00113. The second-order valence-corrected chi connectivity index (χ2v) is 9.51. The normalized spacial score (nSPS) is 21.3. The summed E-state index contributed by atoms with van der Waals surface area (Å²) in [5, 5.41) is 3.45. The molecule has 0 fully saturated rings. The van der Waals surface area contributed by atoms with Crippen LogP contribution in [0.2, 0.25) is 5.02 Å². The highest BCUT2D eigenvalue weighted by molar-refractivity contribution is 7.92. The van der Waals surface area contributed by atoms with Gasteiger partial charge in [0.2, 0.25) is 10.0 Å². The number of aryl methyl sites for hydroxylation is 1. The van der Waals surface area contributed by atoms with E-state index in [2.05, 4.69) is 11.4 Å². The summed E-state index contributed by atoms with van der Waals surface area (Å²) in [4.78, 5) is 12.9. The maximum atomic E-state index is 12.9. The number of nitrogens with zero attached hydrogens (tertiary/aromatic N) is 1. The van der Waals surface area contributed by atoms with E-state index in [4.69, 9.17) is 16.3 Å². The van der Waals surface area contributed by atoms with Crippen LogP contribution >= 0.6 is 11.6 Å². The zero-order chi connectivity index (χ0) is 19.9. The van der Waals surface area contributed by atoms with Gasteiger partial charge in [0, 0.05) is 5.02 Å². The molecule has 0 saturated heterocycles. The third-order valence-electron chi connectivity index (χ3n) is 5.17. The van der Waals surface area contributed by atoms with E-state index in [1.165, 1.54) is 15.9 Å². The largest absolute Gasteiger partial charge is 0.476 e. The van der Waals surface area contributed by atoms with Crippen molar-refractivity contribution in [3.05, 3.63) is 58.6 Å². The number of carbonyl (C=O) groups is 1. The maximum absolute atomic E-state index is 12.9.